The summed E-state index contributed by atoms with van der Waals surface area (Å²) in [4.78, 5) is 11.2. The highest BCUT2D eigenvalue weighted by atomic mass is 19.1. The standard InChI is InChI=1S/C15H13FO/c1-11-2-4-12(5-3-11)15(10-17)13-6-8-14(16)9-7-13/h2-10,15H,1H3. The molecule has 2 heteroatoms. The number of hydrogen-bond donors (Lipinski definition) is 0. The number of aryl methyl sites for hydroxylation is 1. The van der Waals surface area contributed by atoms with Crippen molar-refractivity contribution in [3.05, 3.63) is 71.0 Å². The number of carbonyl (C=O) groups excluding carboxylic acids is 1. The van der Waals surface area contributed by atoms with Gasteiger partial charge >= 0.3 is 0 Å². The normalized spacial score (nSPS) is 12.1. The summed E-state index contributed by atoms with van der Waals surface area (Å²) in [6.07, 6.45) is 0.887. The summed E-state index contributed by atoms with van der Waals surface area (Å²) in [6, 6.07) is 13.8. The summed E-state index contributed by atoms with van der Waals surface area (Å²) < 4.78 is 12.8. The Morgan fingerprint density at radius 1 is 0.941 bits per heavy atom. The first kappa shape index (κ1) is 11.5. The van der Waals surface area contributed by atoms with Crippen LogP contribution in [0.5, 0.6) is 0 Å². The Morgan fingerprint density at radius 3 is 1.88 bits per heavy atom. The molecule has 17 heavy (non-hydrogen) atoms. The van der Waals surface area contributed by atoms with Gasteiger partial charge < -0.3 is 4.79 Å². The van der Waals surface area contributed by atoms with Gasteiger partial charge in [0.1, 0.15) is 12.1 Å². The largest absolute Gasteiger partial charge is 0.302 e. The highest BCUT2D eigenvalue weighted by Crippen LogP contribution is 2.23. The van der Waals surface area contributed by atoms with E-state index >= 15 is 0 Å². The van der Waals surface area contributed by atoms with Crippen molar-refractivity contribution in [1.82, 2.24) is 0 Å². The molecule has 2 aromatic rings. The first-order valence-corrected chi connectivity index (χ1v) is 5.48. The number of rotatable bonds is 3. The highest BCUT2D eigenvalue weighted by Gasteiger charge is 2.12. The molecule has 0 saturated heterocycles. The maximum absolute atomic E-state index is 12.8. The third-order valence-corrected chi connectivity index (χ3v) is 2.80. The van der Waals surface area contributed by atoms with Crippen LogP contribution in [0.2, 0.25) is 0 Å². The van der Waals surface area contributed by atoms with Gasteiger partial charge in [-0.25, -0.2) is 4.39 Å². The molecule has 1 nitrogen and oxygen atoms in total. The number of hydrogen-bond acceptors (Lipinski definition) is 1. The number of aldehydes is 1. The third-order valence-electron chi connectivity index (χ3n) is 2.80. The minimum atomic E-state index is -0.323. The van der Waals surface area contributed by atoms with Gasteiger partial charge in [-0.1, -0.05) is 42.0 Å². The Balaban J connectivity index is 2.36. The molecule has 0 aliphatic carbocycles. The van der Waals surface area contributed by atoms with Crippen molar-refractivity contribution in [2.75, 3.05) is 0 Å². The maximum Gasteiger partial charge on any atom is 0.131 e. The van der Waals surface area contributed by atoms with Crippen LogP contribution in [-0.4, -0.2) is 6.29 Å². The SMILES string of the molecule is Cc1ccc(C(C=O)c2ccc(F)cc2)cc1. The first-order chi connectivity index (χ1) is 8.20. The van der Waals surface area contributed by atoms with E-state index in [9.17, 15) is 9.18 Å². The fraction of sp³-hybridized carbons (Fsp3) is 0.133. The van der Waals surface area contributed by atoms with E-state index < -0.39 is 0 Å². The Kier molecular flexibility index (Phi) is 3.33. The molecule has 86 valence electrons. The van der Waals surface area contributed by atoms with Gasteiger partial charge in [-0.15, -0.1) is 0 Å². The molecular weight excluding hydrogens is 215 g/mol. The molecule has 1 atom stereocenters. The van der Waals surface area contributed by atoms with Gasteiger partial charge in [0, 0.05) is 0 Å². The smallest absolute Gasteiger partial charge is 0.131 e. The Morgan fingerprint density at radius 2 is 1.41 bits per heavy atom. The highest BCUT2D eigenvalue weighted by molar-refractivity contribution is 5.68. The zero-order chi connectivity index (χ0) is 12.3. The molecule has 0 fully saturated rings. The molecule has 0 saturated carbocycles. The van der Waals surface area contributed by atoms with Crippen LogP contribution in [-0.2, 0) is 4.79 Å². The zero-order valence-corrected chi connectivity index (χ0v) is 9.56. The van der Waals surface area contributed by atoms with Crippen LogP contribution in [0, 0.1) is 12.7 Å². The van der Waals surface area contributed by atoms with E-state index in [1.54, 1.807) is 12.1 Å². The third kappa shape index (κ3) is 2.59. The summed E-state index contributed by atoms with van der Waals surface area (Å²) in [7, 11) is 0. The number of halogens is 1. The second-order valence-electron chi connectivity index (χ2n) is 4.08. The van der Waals surface area contributed by atoms with E-state index in [1.165, 1.54) is 12.1 Å². The lowest BCUT2D eigenvalue weighted by atomic mass is 9.92. The quantitative estimate of drug-likeness (QED) is 0.735. The predicted molar refractivity (Wildman–Crippen MR) is 65.5 cm³/mol. The van der Waals surface area contributed by atoms with Gasteiger partial charge in [-0.3, -0.25) is 0 Å². The Labute approximate surface area is 99.9 Å². The minimum absolute atomic E-state index is 0.290. The van der Waals surface area contributed by atoms with Crippen LogP contribution in [0.4, 0.5) is 4.39 Å². The van der Waals surface area contributed by atoms with Gasteiger partial charge in [-0.2, -0.15) is 0 Å². The topological polar surface area (TPSA) is 17.1 Å². The van der Waals surface area contributed by atoms with Crippen molar-refractivity contribution in [2.24, 2.45) is 0 Å². The molecular formula is C15H13FO. The monoisotopic (exact) mass is 228 g/mol. The second-order valence-corrected chi connectivity index (χ2v) is 4.08. The molecule has 0 aliphatic heterocycles. The molecule has 0 heterocycles. The average molecular weight is 228 g/mol. The van der Waals surface area contributed by atoms with Crippen molar-refractivity contribution in [2.45, 2.75) is 12.8 Å². The van der Waals surface area contributed by atoms with Crippen molar-refractivity contribution < 1.29 is 9.18 Å². The van der Waals surface area contributed by atoms with Crippen LogP contribution >= 0.6 is 0 Å². The molecule has 0 aromatic heterocycles. The van der Waals surface area contributed by atoms with Crippen LogP contribution in [0.3, 0.4) is 0 Å². The lowest BCUT2D eigenvalue weighted by Crippen LogP contribution is -2.02. The Hall–Kier alpha value is -1.96. The summed E-state index contributed by atoms with van der Waals surface area (Å²) >= 11 is 0. The second kappa shape index (κ2) is 4.91. The fourth-order valence-electron chi connectivity index (χ4n) is 1.79. The molecule has 0 bridgehead atoms. The molecule has 2 rings (SSSR count). The van der Waals surface area contributed by atoms with Crippen molar-refractivity contribution in [3.8, 4) is 0 Å². The fourth-order valence-corrected chi connectivity index (χ4v) is 1.79. The van der Waals surface area contributed by atoms with Crippen molar-refractivity contribution in [1.29, 1.82) is 0 Å². The van der Waals surface area contributed by atoms with Gasteiger partial charge in [0.15, 0.2) is 0 Å². The van der Waals surface area contributed by atoms with Gasteiger partial charge in [0.25, 0.3) is 0 Å². The van der Waals surface area contributed by atoms with E-state index in [-0.39, 0.29) is 11.7 Å². The van der Waals surface area contributed by atoms with E-state index in [0.29, 0.717) is 0 Å². The molecule has 0 radical (unpaired) electrons. The molecule has 1 unspecified atom stereocenters. The van der Waals surface area contributed by atoms with Crippen LogP contribution in [0.25, 0.3) is 0 Å². The maximum atomic E-state index is 12.8. The van der Waals surface area contributed by atoms with Gasteiger partial charge in [0.05, 0.1) is 5.92 Å². The van der Waals surface area contributed by atoms with E-state index in [0.717, 1.165) is 23.0 Å². The minimum Gasteiger partial charge on any atom is -0.302 e. The first-order valence-electron chi connectivity index (χ1n) is 5.48. The van der Waals surface area contributed by atoms with Crippen LogP contribution in [0.15, 0.2) is 48.5 Å². The molecule has 2 aromatic carbocycles. The Bertz CT molecular complexity index is 454. The molecule has 0 amide bonds. The number of carbonyl (C=O) groups is 1. The van der Waals surface area contributed by atoms with Gasteiger partial charge in [0.2, 0.25) is 0 Å². The van der Waals surface area contributed by atoms with E-state index in [4.69, 9.17) is 0 Å². The van der Waals surface area contributed by atoms with Crippen molar-refractivity contribution in [3.63, 3.8) is 0 Å². The van der Waals surface area contributed by atoms with Crippen LogP contribution in [0.1, 0.15) is 22.6 Å². The summed E-state index contributed by atoms with van der Waals surface area (Å²) in [5, 5.41) is 0. The lowest BCUT2D eigenvalue weighted by Gasteiger charge is -2.11. The van der Waals surface area contributed by atoms with Crippen molar-refractivity contribution >= 4 is 6.29 Å². The zero-order valence-electron chi connectivity index (χ0n) is 9.56. The molecule has 0 aliphatic rings. The predicted octanol–water partition coefficient (Wildman–Crippen LogP) is 3.46. The molecule has 0 spiro atoms. The lowest BCUT2D eigenvalue weighted by molar-refractivity contribution is -0.108. The van der Waals surface area contributed by atoms with E-state index in [2.05, 4.69) is 0 Å². The summed E-state index contributed by atoms with van der Waals surface area (Å²) in [5.74, 6) is -0.612. The number of benzene rings is 2. The van der Waals surface area contributed by atoms with Gasteiger partial charge in [-0.05, 0) is 30.2 Å². The average Bonchev–Trinajstić information content (AvgIpc) is 2.35. The molecule has 0 N–H and O–H groups in total. The van der Waals surface area contributed by atoms with E-state index in [1.807, 2.05) is 31.2 Å². The summed E-state index contributed by atoms with van der Waals surface area (Å²) in [5.41, 5.74) is 2.89. The summed E-state index contributed by atoms with van der Waals surface area (Å²) in [6.45, 7) is 2.00. The van der Waals surface area contributed by atoms with Crippen LogP contribution < -0.4 is 0 Å².